The number of nitrogens with zero attached hydrogens (tertiary/aromatic N) is 2. The Morgan fingerprint density at radius 3 is 2.56 bits per heavy atom. The van der Waals surface area contributed by atoms with Gasteiger partial charge in [0.05, 0.1) is 25.9 Å². The minimum atomic E-state index is -0.620. The second kappa shape index (κ2) is 13.2. The average molecular weight is 439 g/mol. The molecule has 0 bridgehead atoms. The van der Waals surface area contributed by atoms with Crippen molar-refractivity contribution in [1.29, 1.82) is 0 Å². The number of likely N-dealkylation sites (tertiary alicyclic amines) is 1. The summed E-state index contributed by atoms with van der Waals surface area (Å²) in [7, 11) is 0. The molecule has 1 saturated heterocycles. The molecule has 0 saturated carbocycles. The van der Waals surface area contributed by atoms with Crippen LogP contribution in [0.2, 0.25) is 0 Å². The molecule has 3 rings (SSSR count). The van der Waals surface area contributed by atoms with Gasteiger partial charge in [0.25, 0.3) is 0 Å². The van der Waals surface area contributed by atoms with E-state index in [1.165, 1.54) is 11.1 Å². The first-order chi connectivity index (χ1) is 15.6. The molecule has 3 N–H and O–H groups in total. The van der Waals surface area contributed by atoms with Crippen molar-refractivity contribution in [3.05, 3.63) is 71.3 Å². The van der Waals surface area contributed by atoms with E-state index in [9.17, 15) is 5.11 Å². The van der Waals surface area contributed by atoms with Crippen molar-refractivity contribution in [1.82, 2.24) is 15.5 Å². The number of nitrogens with one attached hydrogen (secondary N) is 2. The number of rotatable bonds is 10. The summed E-state index contributed by atoms with van der Waals surface area (Å²) in [5.41, 5.74) is 3.88. The number of ether oxygens (including phenoxy) is 1. The Morgan fingerprint density at radius 2 is 1.84 bits per heavy atom. The molecule has 2 aromatic rings. The Kier molecular flexibility index (Phi) is 10.0. The van der Waals surface area contributed by atoms with E-state index in [1.54, 1.807) is 0 Å². The fourth-order valence-electron chi connectivity index (χ4n) is 3.91. The largest absolute Gasteiger partial charge is 0.389 e. The number of aliphatic hydroxyl groups excluding tert-OH is 1. The number of aryl methyl sites for hydroxylation is 1. The third-order valence-corrected chi connectivity index (χ3v) is 5.81. The van der Waals surface area contributed by atoms with Crippen molar-refractivity contribution in [3.63, 3.8) is 0 Å². The van der Waals surface area contributed by atoms with Crippen LogP contribution >= 0.6 is 0 Å². The lowest BCUT2D eigenvalue weighted by molar-refractivity contribution is 0.0331. The molecule has 0 spiro atoms. The van der Waals surface area contributed by atoms with Gasteiger partial charge >= 0.3 is 0 Å². The van der Waals surface area contributed by atoms with E-state index in [-0.39, 0.29) is 6.61 Å². The van der Waals surface area contributed by atoms with Gasteiger partial charge in [-0.25, -0.2) is 0 Å². The zero-order chi connectivity index (χ0) is 22.6. The van der Waals surface area contributed by atoms with Gasteiger partial charge < -0.3 is 20.5 Å². The van der Waals surface area contributed by atoms with Crippen molar-refractivity contribution in [3.8, 4) is 0 Å². The minimum Gasteiger partial charge on any atom is -0.389 e. The SMILES string of the molecule is CCNC(=NCC(O)COCc1ccccc1)NC1CCN(Cc2ccccc2C)CC1. The zero-order valence-electron chi connectivity index (χ0n) is 19.5. The van der Waals surface area contributed by atoms with E-state index in [0.29, 0.717) is 19.2 Å². The monoisotopic (exact) mass is 438 g/mol. The maximum atomic E-state index is 10.3. The van der Waals surface area contributed by atoms with Crippen LogP contribution in [0.3, 0.4) is 0 Å². The molecule has 0 aliphatic carbocycles. The number of hydrogen-bond donors (Lipinski definition) is 3. The topological polar surface area (TPSA) is 69.1 Å². The van der Waals surface area contributed by atoms with Crippen LogP contribution in [0.4, 0.5) is 0 Å². The molecule has 0 amide bonds. The summed E-state index contributed by atoms with van der Waals surface area (Å²) in [6.07, 6.45) is 1.54. The fourth-order valence-corrected chi connectivity index (χ4v) is 3.91. The van der Waals surface area contributed by atoms with Gasteiger partial charge in [-0.15, -0.1) is 0 Å². The van der Waals surface area contributed by atoms with E-state index in [0.717, 1.165) is 50.5 Å². The number of benzene rings is 2. The molecule has 174 valence electrons. The Morgan fingerprint density at radius 1 is 1.12 bits per heavy atom. The first kappa shape index (κ1) is 24.2. The Bertz CT molecular complexity index is 820. The summed E-state index contributed by atoms with van der Waals surface area (Å²) in [5, 5.41) is 17.1. The number of guanidine groups is 1. The van der Waals surface area contributed by atoms with E-state index in [1.807, 2.05) is 30.3 Å². The van der Waals surface area contributed by atoms with Crippen LogP contribution in [0.5, 0.6) is 0 Å². The molecule has 6 nitrogen and oxygen atoms in total. The van der Waals surface area contributed by atoms with Crippen molar-refractivity contribution >= 4 is 5.96 Å². The maximum Gasteiger partial charge on any atom is 0.191 e. The highest BCUT2D eigenvalue weighted by molar-refractivity contribution is 5.80. The van der Waals surface area contributed by atoms with E-state index in [4.69, 9.17) is 4.74 Å². The van der Waals surface area contributed by atoms with Crippen molar-refractivity contribution in [2.75, 3.05) is 32.8 Å². The van der Waals surface area contributed by atoms with Gasteiger partial charge in [-0.3, -0.25) is 9.89 Å². The molecule has 32 heavy (non-hydrogen) atoms. The van der Waals surface area contributed by atoms with Gasteiger partial charge in [0, 0.05) is 32.2 Å². The first-order valence-corrected chi connectivity index (χ1v) is 11.8. The third-order valence-electron chi connectivity index (χ3n) is 5.81. The first-order valence-electron chi connectivity index (χ1n) is 11.8. The molecule has 1 atom stereocenters. The molecule has 1 unspecified atom stereocenters. The van der Waals surface area contributed by atoms with Crippen LogP contribution in [0.15, 0.2) is 59.6 Å². The molecule has 2 aromatic carbocycles. The van der Waals surface area contributed by atoms with Crippen LogP contribution in [0.1, 0.15) is 36.5 Å². The molecule has 1 heterocycles. The Balaban J connectivity index is 1.39. The van der Waals surface area contributed by atoms with Gasteiger partial charge in [-0.1, -0.05) is 54.6 Å². The molecule has 6 heteroatoms. The van der Waals surface area contributed by atoms with Crippen LogP contribution in [0, 0.1) is 6.92 Å². The summed E-state index contributed by atoms with van der Waals surface area (Å²) in [6, 6.07) is 19.0. The summed E-state index contributed by atoms with van der Waals surface area (Å²) >= 11 is 0. The number of piperidine rings is 1. The van der Waals surface area contributed by atoms with Gasteiger partial charge in [-0.05, 0) is 43.4 Å². The molecule has 0 radical (unpaired) electrons. The zero-order valence-corrected chi connectivity index (χ0v) is 19.5. The predicted octanol–water partition coefficient (Wildman–Crippen LogP) is 3.09. The quantitative estimate of drug-likeness (QED) is 0.393. The van der Waals surface area contributed by atoms with Gasteiger partial charge in [0.1, 0.15) is 0 Å². The highest BCUT2D eigenvalue weighted by Gasteiger charge is 2.20. The Hall–Kier alpha value is -2.41. The summed E-state index contributed by atoms with van der Waals surface area (Å²) < 4.78 is 5.63. The van der Waals surface area contributed by atoms with Crippen molar-refractivity contribution < 1.29 is 9.84 Å². The van der Waals surface area contributed by atoms with E-state index < -0.39 is 6.10 Å². The smallest absolute Gasteiger partial charge is 0.191 e. The average Bonchev–Trinajstić information content (AvgIpc) is 2.81. The van der Waals surface area contributed by atoms with Gasteiger partial charge in [0.2, 0.25) is 0 Å². The van der Waals surface area contributed by atoms with Gasteiger partial charge in [0.15, 0.2) is 5.96 Å². The van der Waals surface area contributed by atoms with Gasteiger partial charge in [-0.2, -0.15) is 0 Å². The molecular formula is C26H38N4O2. The van der Waals surface area contributed by atoms with E-state index >= 15 is 0 Å². The number of hydrogen-bond acceptors (Lipinski definition) is 4. The summed E-state index contributed by atoms with van der Waals surface area (Å²) in [6.45, 7) is 9.28. The molecule has 1 aliphatic heterocycles. The Labute approximate surface area is 192 Å². The fraction of sp³-hybridized carbons (Fsp3) is 0.500. The normalized spacial score (nSPS) is 16.7. The predicted molar refractivity (Wildman–Crippen MR) is 131 cm³/mol. The molecular weight excluding hydrogens is 400 g/mol. The molecule has 1 fully saturated rings. The maximum absolute atomic E-state index is 10.3. The highest BCUT2D eigenvalue weighted by atomic mass is 16.5. The molecule has 1 aliphatic rings. The number of aliphatic imine (C=N–C) groups is 1. The third kappa shape index (κ3) is 8.26. The second-order valence-corrected chi connectivity index (χ2v) is 8.50. The highest BCUT2D eigenvalue weighted by Crippen LogP contribution is 2.16. The van der Waals surface area contributed by atoms with Crippen LogP contribution in [0.25, 0.3) is 0 Å². The van der Waals surface area contributed by atoms with E-state index in [2.05, 4.69) is 58.6 Å². The standard InChI is InChI=1S/C26H38N4O2/c1-3-27-26(28-17-25(31)20-32-19-22-10-5-4-6-11-22)29-24-13-15-30(16-14-24)18-23-12-8-7-9-21(23)2/h4-12,24-25,31H,3,13-20H2,1-2H3,(H2,27,28,29). The van der Waals surface area contributed by atoms with Crippen LogP contribution < -0.4 is 10.6 Å². The lowest BCUT2D eigenvalue weighted by Crippen LogP contribution is -2.48. The lowest BCUT2D eigenvalue weighted by Gasteiger charge is -2.33. The second-order valence-electron chi connectivity index (χ2n) is 8.50. The summed E-state index contributed by atoms with van der Waals surface area (Å²) in [5.74, 6) is 0.770. The van der Waals surface area contributed by atoms with Crippen LogP contribution in [-0.4, -0.2) is 60.9 Å². The summed E-state index contributed by atoms with van der Waals surface area (Å²) in [4.78, 5) is 7.11. The molecule has 0 aromatic heterocycles. The lowest BCUT2D eigenvalue weighted by atomic mass is 10.0. The van der Waals surface area contributed by atoms with Crippen molar-refractivity contribution in [2.45, 2.75) is 52.0 Å². The number of aliphatic hydroxyl groups is 1. The minimum absolute atomic E-state index is 0.273. The van der Waals surface area contributed by atoms with Crippen molar-refractivity contribution in [2.24, 2.45) is 4.99 Å². The van der Waals surface area contributed by atoms with Crippen LogP contribution in [-0.2, 0) is 17.9 Å².